The summed E-state index contributed by atoms with van der Waals surface area (Å²) in [5.41, 5.74) is 1.23. The van der Waals surface area contributed by atoms with E-state index in [0.29, 0.717) is 35.1 Å². The Bertz CT molecular complexity index is 932. The monoisotopic (exact) mass is 410 g/mol. The molecule has 0 atom stereocenters. The van der Waals surface area contributed by atoms with Crippen molar-refractivity contribution in [3.8, 4) is 23.3 Å². The Kier molecular flexibility index (Phi) is 8.74. The van der Waals surface area contributed by atoms with Crippen molar-refractivity contribution < 1.29 is 28.5 Å². The van der Waals surface area contributed by atoms with Crippen molar-refractivity contribution in [2.45, 2.75) is 6.92 Å². The molecule has 0 aliphatic rings. The van der Waals surface area contributed by atoms with Gasteiger partial charge in [0.1, 0.15) is 11.8 Å². The number of anilines is 1. The Balaban J connectivity index is 1.84. The first-order valence-corrected chi connectivity index (χ1v) is 9.11. The summed E-state index contributed by atoms with van der Waals surface area (Å²) in [6, 6.07) is 13.7. The van der Waals surface area contributed by atoms with Crippen LogP contribution in [-0.2, 0) is 14.3 Å². The van der Waals surface area contributed by atoms with Crippen LogP contribution in [0.1, 0.15) is 12.5 Å². The molecule has 30 heavy (non-hydrogen) atoms. The van der Waals surface area contributed by atoms with Gasteiger partial charge >= 0.3 is 5.97 Å². The summed E-state index contributed by atoms with van der Waals surface area (Å²) in [6.45, 7) is 1.92. The van der Waals surface area contributed by atoms with Crippen LogP contribution >= 0.6 is 0 Å². The molecule has 0 aromatic heterocycles. The van der Waals surface area contributed by atoms with Gasteiger partial charge in [0.05, 0.1) is 13.7 Å². The van der Waals surface area contributed by atoms with E-state index in [-0.39, 0.29) is 6.61 Å². The maximum Gasteiger partial charge on any atom is 0.331 e. The van der Waals surface area contributed by atoms with Gasteiger partial charge in [-0.3, -0.25) is 4.79 Å². The molecule has 0 fully saturated rings. The third kappa shape index (κ3) is 7.20. The molecule has 0 saturated heterocycles. The second kappa shape index (κ2) is 11.8. The highest BCUT2D eigenvalue weighted by atomic mass is 16.5. The van der Waals surface area contributed by atoms with Gasteiger partial charge in [0, 0.05) is 11.8 Å². The molecular formula is C22H22N2O6. The van der Waals surface area contributed by atoms with E-state index in [9.17, 15) is 9.59 Å². The molecule has 1 amide bonds. The van der Waals surface area contributed by atoms with Gasteiger partial charge < -0.3 is 24.3 Å². The molecule has 0 aliphatic heterocycles. The van der Waals surface area contributed by atoms with Gasteiger partial charge in [-0.05, 0) is 55.0 Å². The predicted octanol–water partition coefficient (Wildman–Crippen LogP) is 3.19. The Morgan fingerprint density at radius 3 is 2.53 bits per heavy atom. The molecule has 0 saturated carbocycles. The molecule has 2 aromatic carbocycles. The molecule has 0 aliphatic carbocycles. The number of nitrogens with one attached hydrogen (secondary N) is 1. The van der Waals surface area contributed by atoms with Gasteiger partial charge in [0.25, 0.3) is 5.91 Å². The van der Waals surface area contributed by atoms with E-state index in [0.717, 1.165) is 0 Å². The molecule has 2 aromatic rings. The lowest BCUT2D eigenvalue weighted by Crippen LogP contribution is -2.20. The molecule has 0 radical (unpaired) electrons. The van der Waals surface area contributed by atoms with Gasteiger partial charge in [0.2, 0.25) is 0 Å². The molecule has 1 N–H and O–H groups in total. The highest BCUT2D eigenvalue weighted by Gasteiger charge is 2.07. The SMILES string of the molecule is CCOc1ccc(NC(=O)COC(=O)/C=C/c2ccc(OCC#N)c(OC)c2)cc1. The first-order chi connectivity index (χ1) is 14.5. The van der Waals surface area contributed by atoms with Crippen molar-refractivity contribution in [3.05, 3.63) is 54.1 Å². The normalized spacial score (nSPS) is 10.2. The van der Waals surface area contributed by atoms with Crippen LogP contribution in [0.2, 0.25) is 0 Å². The van der Waals surface area contributed by atoms with Gasteiger partial charge in [-0.25, -0.2) is 4.79 Å². The topological polar surface area (TPSA) is 107 Å². The number of rotatable bonds is 10. The van der Waals surface area contributed by atoms with Crippen molar-refractivity contribution in [3.63, 3.8) is 0 Å². The minimum Gasteiger partial charge on any atom is -0.494 e. The van der Waals surface area contributed by atoms with Crippen molar-refractivity contribution in [2.75, 3.05) is 32.2 Å². The van der Waals surface area contributed by atoms with Crippen LogP contribution in [0.5, 0.6) is 17.2 Å². The fourth-order valence-electron chi connectivity index (χ4n) is 2.36. The van der Waals surface area contributed by atoms with Crippen LogP contribution in [0.25, 0.3) is 6.08 Å². The lowest BCUT2D eigenvalue weighted by atomic mass is 10.2. The summed E-state index contributed by atoms with van der Waals surface area (Å²) in [5, 5.41) is 11.2. The number of methoxy groups -OCH3 is 1. The van der Waals surface area contributed by atoms with Crippen LogP contribution in [0.3, 0.4) is 0 Å². The minimum atomic E-state index is -0.666. The number of benzene rings is 2. The average Bonchev–Trinajstić information content (AvgIpc) is 2.76. The highest BCUT2D eigenvalue weighted by Crippen LogP contribution is 2.28. The van der Waals surface area contributed by atoms with E-state index in [2.05, 4.69) is 5.32 Å². The van der Waals surface area contributed by atoms with E-state index in [1.165, 1.54) is 19.3 Å². The largest absolute Gasteiger partial charge is 0.494 e. The molecule has 0 heterocycles. The average molecular weight is 410 g/mol. The number of ether oxygens (including phenoxy) is 4. The number of nitrogens with zero attached hydrogens (tertiary/aromatic N) is 1. The second-order valence-electron chi connectivity index (χ2n) is 5.80. The van der Waals surface area contributed by atoms with Crippen LogP contribution in [0.4, 0.5) is 5.69 Å². The fourth-order valence-corrected chi connectivity index (χ4v) is 2.36. The summed E-state index contributed by atoms with van der Waals surface area (Å²) in [5.74, 6) is 0.427. The number of carbonyl (C=O) groups excluding carboxylic acids is 2. The summed E-state index contributed by atoms with van der Waals surface area (Å²) >= 11 is 0. The Hall–Kier alpha value is -3.99. The Morgan fingerprint density at radius 1 is 1.10 bits per heavy atom. The van der Waals surface area contributed by atoms with Gasteiger partial charge in [-0.1, -0.05) is 6.07 Å². The van der Waals surface area contributed by atoms with Crippen molar-refractivity contribution in [2.24, 2.45) is 0 Å². The van der Waals surface area contributed by atoms with Gasteiger partial charge in [0.15, 0.2) is 24.7 Å². The van der Waals surface area contributed by atoms with E-state index in [1.54, 1.807) is 42.5 Å². The van der Waals surface area contributed by atoms with E-state index in [1.807, 2.05) is 13.0 Å². The lowest BCUT2D eigenvalue weighted by molar-refractivity contribution is -0.142. The molecule has 0 unspecified atom stereocenters. The van der Waals surface area contributed by atoms with E-state index < -0.39 is 18.5 Å². The van der Waals surface area contributed by atoms with E-state index in [4.69, 9.17) is 24.2 Å². The number of carbonyl (C=O) groups is 2. The zero-order chi connectivity index (χ0) is 21.8. The third-order valence-corrected chi connectivity index (χ3v) is 3.69. The number of amides is 1. The molecule has 8 heteroatoms. The van der Waals surface area contributed by atoms with Crippen LogP contribution < -0.4 is 19.5 Å². The standard InChI is InChI=1S/C22H22N2O6/c1-3-28-18-8-6-17(7-9-18)24-21(25)15-30-22(26)11-5-16-4-10-19(29-13-12-23)20(14-16)27-2/h4-11,14H,3,13,15H2,1-2H3,(H,24,25)/b11-5+. The second-order valence-corrected chi connectivity index (χ2v) is 5.80. The van der Waals surface area contributed by atoms with Crippen LogP contribution in [-0.4, -0.2) is 38.8 Å². The van der Waals surface area contributed by atoms with Crippen molar-refractivity contribution >= 4 is 23.6 Å². The fraction of sp³-hybridized carbons (Fsp3) is 0.227. The molecule has 2 rings (SSSR count). The van der Waals surface area contributed by atoms with Gasteiger partial charge in [-0.15, -0.1) is 0 Å². The Labute approximate surface area is 174 Å². The number of esters is 1. The number of nitriles is 1. The van der Waals surface area contributed by atoms with Crippen LogP contribution in [0.15, 0.2) is 48.5 Å². The first-order valence-electron chi connectivity index (χ1n) is 9.11. The molecule has 8 nitrogen and oxygen atoms in total. The van der Waals surface area contributed by atoms with E-state index >= 15 is 0 Å². The maximum absolute atomic E-state index is 11.9. The third-order valence-electron chi connectivity index (χ3n) is 3.69. The number of hydrogen-bond donors (Lipinski definition) is 1. The lowest BCUT2D eigenvalue weighted by Gasteiger charge is -2.09. The number of hydrogen-bond acceptors (Lipinski definition) is 7. The molecular weight excluding hydrogens is 388 g/mol. The highest BCUT2D eigenvalue weighted by molar-refractivity contribution is 5.94. The summed E-state index contributed by atoms with van der Waals surface area (Å²) in [4.78, 5) is 23.8. The zero-order valence-corrected chi connectivity index (χ0v) is 16.7. The summed E-state index contributed by atoms with van der Waals surface area (Å²) < 4.78 is 20.7. The van der Waals surface area contributed by atoms with Crippen molar-refractivity contribution in [1.29, 1.82) is 5.26 Å². The first kappa shape index (κ1) is 22.3. The summed E-state index contributed by atoms with van der Waals surface area (Å²) in [6.07, 6.45) is 2.72. The van der Waals surface area contributed by atoms with Crippen LogP contribution in [0, 0.1) is 11.3 Å². The Morgan fingerprint density at radius 2 is 1.87 bits per heavy atom. The predicted molar refractivity (Wildman–Crippen MR) is 110 cm³/mol. The molecule has 156 valence electrons. The minimum absolute atomic E-state index is 0.101. The van der Waals surface area contributed by atoms with Crippen molar-refractivity contribution in [1.82, 2.24) is 0 Å². The maximum atomic E-state index is 11.9. The smallest absolute Gasteiger partial charge is 0.331 e. The summed E-state index contributed by atoms with van der Waals surface area (Å²) in [7, 11) is 1.47. The quantitative estimate of drug-likeness (QED) is 0.473. The zero-order valence-electron chi connectivity index (χ0n) is 16.7. The molecule has 0 spiro atoms. The van der Waals surface area contributed by atoms with Gasteiger partial charge in [-0.2, -0.15) is 5.26 Å². The molecule has 0 bridgehead atoms.